The van der Waals surface area contributed by atoms with Crippen molar-refractivity contribution in [3.05, 3.63) is 53.1 Å². The van der Waals surface area contributed by atoms with Gasteiger partial charge in [-0.3, -0.25) is 4.79 Å². The maximum Gasteiger partial charge on any atom is 0.274 e. The summed E-state index contributed by atoms with van der Waals surface area (Å²) in [5, 5.41) is 4.37. The van der Waals surface area contributed by atoms with Crippen LogP contribution in [0.4, 0.5) is 0 Å². The Bertz CT molecular complexity index is 788. The van der Waals surface area contributed by atoms with Crippen molar-refractivity contribution in [3.8, 4) is 0 Å². The first kappa shape index (κ1) is 20.9. The summed E-state index contributed by atoms with van der Waals surface area (Å²) >= 11 is 6.16. The van der Waals surface area contributed by atoms with E-state index in [2.05, 4.69) is 24.1 Å². The van der Waals surface area contributed by atoms with Gasteiger partial charge in [-0.1, -0.05) is 37.6 Å². The van der Waals surface area contributed by atoms with Crippen molar-refractivity contribution in [2.24, 2.45) is 13.0 Å². The molecule has 0 radical (unpaired) electrons. The quantitative estimate of drug-likeness (QED) is 0.717. The molecular formula is C22H31ClN4O. The summed E-state index contributed by atoms with van der Waals surface area (Å²) < 4.78 is 1.82. The lowest BCUT2D eigenvalue weighted by atomic mass is 10.1. The zero-order chi connectivity index (χ0) is 20.1. The van der Waals surface area contributed by atoms with Gasteiger partial charge in [0.1, 0.15) is 5.69 Å². The van der Waals surface area contributed by atoms with E-state index >= 15 is 0 Å². The highest BCUT2D eigenvalue weighted by atomic mass is 35.5. The minimum Gasteiger partial charge on any atom is -0.340 e. The molecule has 3 rings (SSSR count). The van der Waals surface area contributed by atoms with Crippen LogP contribution >= 0.6 is 11.6 Å². The molecule has 0 bridgehead atoms. The van der Waals surface area contributed by atoms with Gasteiger partial charge in [0, 0.05) is 36.9 Å². The number of hydrogen-bond acceptors (Lipinski definition) is 3. The topological polar surface area (TPSA) is 50.2 Å². The molecule has 0 aliphatic heterocycles. The number of aromatic nitrogens is 2. The molecular weight excluding hydrogens is 372 g/mol. The molecule has 2 unspecified atom stereocenters. The summed E-state index contributed by atoms with van der Waals surface area (Å²) in [4.78, 5) is 19.5. The van der Waals surface area contributed by atoms with Crippen molar-refractivity contribution in [3.63, 3.8) is 0 Å². The molecule has 1 saturated carbocycles. The van der Waals surface area contributed by atoms with Crippen molar-refractivity contribution in [1.29, 1.82) is 0 Å². The summed E-state index contributed by atoms with van der Waals surface area (Å²) in [6.07, 6.45) is 7.75. The van der Waals surface area contributed by atoms with E-state index in [-0.39, 0.29) is 11.9 Å². The Labute approximate surface area is 173 Å². The molecule has 2 atom stereocenters. The molecule has 0 saturated heterocycles. The fourth-order valence-corrected chi connectivity index (χ4v) is 4.08. The second-order valence-corrected chi connectivity index (χ2v) is 8.72. The number of aryl methyl sites for hydroxylation is 1. The lowest BCUT2D eigenvalue weighted by Gasteiger charge is -2.29. The molecule has 1 N–H and O–H groups in total. The van der Waals surface area contributed by atoms with Crippen LogP contribution in [0.15, 0.2) is 36.8 Å². The van der Waals surface area contributed by atoms with Gasteiger partial charge in [0.15, 0.2) is 0 Å². The van der Waals surface area contributed by atoms with Crippen molar-refractivity contribution in [1.82, 2.24) is 19.8 Å². The second-order valence-electron chi connectivity index (χ2n) is 8.29. The number of carbonyl (C=O) groups is 1. The van der Waals surface area contributed by atoms with Crippen LogP contribution in [-0.4, -0.2) is 39.0 Å². The molecule has 1 aromatic carbocycles. The second kappa shape index (κ2) is 9.57. The lowest BCUT2D eigenvalue weighted by Crippen LogP contribution is -2.40. The van der Waals surface area contributed by atoms with Gasteiger partial charge < -0.3 is 14.8 Å². The van der Waals surface area contributed by atoms with E-state index in [0.29, 0.717) is 29.2 Å². The molecule has 2 aromatic rings. The van der Waals surface area contributed by atoms with Gasteiger partial charge in [0.2, 0.25) is 0 Å². The summed E-state index contributed by atoms with van der Waals surface area (Å²) in [5.41, 5.74) is 1.55. The van der Waals surface area contributed by atoms with E-state index in [9.17, 15) is 4.79 Å². The maximum atomic E-state index is 13.2. The van der Waals surface area contributed by atoms with Crippen molar-refractivity contribution in [2.75, 3.05) is 6.54 Å². The smallest absolute Gasteiger partial charge is 0.274 e. The minimum atomic E-state index is -0.00611. The van der Waals surface area contributed by atoms with E-state index in [1.54, 1.807) is 12.5 Å². The molecule has 5 nitrogen and oxygen atoms in total. The number of nitrogens with zero attached hydrogens (tertiary/aromatic N) is 3. The van der Waals surface area contributed by atoms with E-state index in [1.165, 1.54) is 6.42 Å². The zero-order valence-electron chi connectivity index (χ0n) is 17.1. The Morgan fingerprint density at radius 2 is 2.21 bits per heavy atom. The number of rotatable bonds is 8. The third-order valence-electron chi connectivity index (χ3n) is 5.43. The molecule has 6 heteroatoms. The van der Waals surface area contributed by atoms with Crippen LogP contribution in [0.3, 0.4) is 0 Å². The van der Waals surface area contributed by atoms with Gasteiger partial charge in [0.05, 0.1) is 6.33 Å². The van der Waals surface area contributed by atoms with Crippen molar-refractivity contribution < 1.29 is 4.79 Å². The maximum absolute atomic E-state index is 13.2. The molecule has 1 aliphatic rings. The van der Waals surface area contributed by atoms with Crippen LogP contribution in [0.2, 0.25) is 5.02 Å². The first-order valence-electron chi connectivity index (χ1n) is 10.2. The number of carbonyl (C=O) groups excluding carboxylic acids is 1. The Morgan fingerprint density at radius 1 is 1.39 bits per heavy atom. The lowest BCUT2D eigenvalue weighted by molar-refractivity contribution is 0.0656. The summed E-state index contributed by atoms with van der Waals surface area (Å²) in [6, 6.07) is 8.45. The fourth-order valence-electron chi connectivity index (χ4n) is 3.87. The minimum absolute atomic E-state index is 0.00611. The first-order valence-corrected chi connectivity index (χ1v) is 10.6. The zero-order valence-corrected chi connectivity index (χ0v) is 17.8. The molecule has 1 heterocycles. The summed E-state index contributed by atoms with van der Waals surface area (Å²) in [6.45, 7) is 6.09. The van der Waals surface area contributed by atoms with Crippen LogP contribution in [-0.2, 0) is 13.6 Å². The van der Waals surface area contributed by atoms with E-state index in [4.69, 9.17) is 11.6 Å². The third kappa shape index (κ3) is 5.58. The highest BCUT2D eigenvalue weighted by Crippen LogP contribution is 2.27. The van der Waals surface area contributed by atoms with Crippen LogP contribution in [0.5, 0.6) is 0 Å². The molecule has 152 valence electrons. The summed E-state index contributed by atoms with van der Waals surface area (Å²) in [7, 11) is 1.88. The van der Waals surface area contributed by atoms with E-state index in [1.807, 2.05) is 40.8 Å². The van der Waals surface area contributed by atoms with E-state index < -0.39 is 0 Å². The van der Waals surface area contributed by atoms with Gasteiger partial charge in [-0.15, -0.1) is 0 Å². The Hall–Kier alpha value is -1.85. The highest BCUT2D eigenvalue weighted by Gasteiger charge is 2.33. The van der Waals surface area contributed by atoms with Gasteiger partial charge in [-0.2, -0.15) is 0 Å². The number of benzene rings is 1. The average Bonchev–Trinajstić information content (AvgIpc) is 3.28. The van der Waals surface area contributed by atoms with Crippen LogP contribution in [0.1, 0.15) is 55.6 Å². The number of nitrogens with one attached hydrogen (secondary N) is 1. The van der Waals surface area contributed by atoms with Crippen LogP contribution in [0, 0.1) is 5.92 Å². The first-order chi connectivity index (χ1) is 13.4. The highest BCUT2D eigenvalue weighted by molar-refractivity contribution is 6.30. The fraction of sp³-hybridized carbons (Fsp3) is 0.545. The molecule has 1 amide bonds. The van der Waals surface area contributed by atoms with Gasteiger partial charge in [-0.05, 0) is 55.8 Å². The molecule has 0 spiro atoms. The Morgan fingerprint density at radius 3 is 2.89 bits per heavy atom. The molecule has 1 aromatic heterocycles. The van der Waals surface area contributed by atoms with Gasteiger partial charge >= 0.3 is 0 Å². The van der Waals surface area contributed by atoms with Crippen molar-refractivity contribution >= 4 is 17.5 Å². The van der Waals surface area contributed by atoms with Gasteiger partial charge in [0.25, 0.3) is 5.91 Å². The third-order valence-corrected chi connectivity index (χ3v) is 5.66. The average molecular weight is 403 g/mol. The van der Waals surface area contributed by atoms with Gasteiger partial charge in [-0.25, -0.2) is 4.98 Å². The number of halogens is 1. The van der Waals surface area contributed by atoms with Crippen LogP contribution < -0.4 is 5.32 Å². The SMILES string of the molecule is CC(C)CCNC1CCC(N(Cc2cccc(Cl)c2)C(=O)c2cn(C)cn2)C1. The largest absolute Gasteiger partial charge is 0.340 e. The number of amides is 1. The molecule has 28 heavy (non-hydrogen) atoms. The molecule has 1 fully saturated rings. The molecule has 1 aliphatic carbocycles. The number of imidazole rings is 1. The number of hydrogen-bond donors (Lipinski definition) is 1. The summed E-state index contributed by atoms with van der Waals surface area (Å²) in [5.74, 6) is 0.697. The monoisotopic (exact) mass is 402 g/mol. The standard InChI is InChI=1S/C22H31ClN4O/c1-16(2)9-10-24-19-7-8-20(12-19)27(13-17-5-4-6-18(23)11-17)22(28)21-14-26(3)15-25-21/h4-6,11,14-16,19-20,24H,7-10,12-13H2,1-3H3. The van der Waals surface area contributed by atoms with Crippen LogP contribution in [0.25, 0.3) is 0 Å². The Balaban J connectivity index is 1.72. The normalized spacial score (nSPS) is 19.3. The predicted octanol–water partition coefficient (Wildman–Crippen LogP) is 4.27. The van der Waals surface area contributed by atoms with Crippen molar-refractivity contribution in [2.45, 2.75) is 58.2 Å². The predicted molar refractivity (Wildman–Crippen MR) is 113 cm³/mol. The van der Waals surface area contributed by atoms with E-state index in [0.717, 1.165) is 31.4 Å². The Kier molecular flexibility index (Phi) is 7.13.